The van der Waals surface area contributed by atoms with Gasteiger partial charge >= 0.3 is 0 Å². The molecule has 43 heavy (non-hydrogen) atoms. The third kappa shape index (κ3) is 7.14. The molecule has 5 aromatic carbocycles. The molecule has 0 aliphatic rings. The van der Waals surface area contributed by atoms with E-state index < -0.39 is 0 Å². The van der Waals surface area contributed by atoms with Crippen LogP contribution in [0.4, 0.5) is 0 Å². The van der Waals surface area contributed by atoms with Gasteiger partial charge in [0, 0.05) is 18.0 Å². The molecule has 0 bridgehead atoms. The zero-order valence-electron chi connectivity index (χ0n) is 24.1. The predicted octanol–water partition coefficient (Wildman–Crippen LogP) is 8.57. The van der Waals surface area contributed by atoms with E-state index in [2.05, 4.69) is 36.4 Å². The maximum absolute atomic E-state index is 6.32. The molecule has 5 heteroatoms. The van der Waals surface area contributed by atoms with E-state index >= 15 is 0 Å². The maximum Gasteiger partial charge on any atom is 0.162 e. The first kappa shape index (κ1) is 27.9. The predicted molar refractivity (Wildman–Crippen MR) is 170 cm³/mol. The average Bonchev–Trinajstić information content (AvgIpc) is 3.07. The van der Waals surface area contributed by atoms with Gasteiger partial charge in [-0.25, -0.2) is 0 Å². The van der Waals surface area contributed by atoms with Gasteiger partial charge in [-0.05, 0) is 58.0 Å². The van der Waals surface area contributed by atoms with Gasteiger partial charge in [0.25, 0.3) is 0 Å². The lowest BCUT2D eigenvalue weighted by atomic mass is 10.0. The molecule has 0 amide bonds. The summed E-state index contributed by atoms with van der Waals surface area (Å²) in [6.45, 7) is 1.35. The van der Waals surface area contributed by atoms with Gasteiger partial charge in [0.15, 0.2) is 23.0 Å². The molecule has 0 N–H and O–H groups in total. The van der Waals surface area contributed by atoms with Gasteiger partial charge in [-0.3, -0.25) is 4.98 Å². The number of rotatable bonds is 12. The van der Waals surface area contributed by atoms with E-state index in [1.807, 2.05) is 97.2 Å². The lowest BCUT2D eigenvalue weighted by Gasteiger charge is -2.16. The quantitative estimate of drug-likeness (QED) is 0.148. The van der Waals surface area contributed by atoms with Crippen molar-refractivity contribution in [3.05, 3.63) is 162 Å². The molecule has 0 saturated carbocycles. The molecule has 0 atom stereocenters. The Morgan fingerprint density at radius 3 is 1.58 bits per heavy atom. The number of benzene rings is 5. The van der Waals surface area contributed by atoms with Crippen molar-refractivity contribution in [3.63, 3.8) is 0 Å². The highest BCUT2D eigenvalue weighted by atomic mass is 16.5. The fourth-order valence-electron chi connectivity index (χ4n) is 4.95. The third-order valence-corrected chi connectivity index (χ3v) is 7.22. The molecule has 6 rings (SSSR count). The summed E-state index contributed by atoms with van der Waals surface area (Å²) in [5.41, 5.74) is 5.29. The topological polar surface area (TPSA) is 49.8 Å². The summed E-state index contributed by atoms with van der Waals surface area (Å²) in [7, 11) is 1.66. The van der Waals surface area contributed by atoms with Crippen LogP contribution in [0.2, 0.25) is 0 Å². The highest BCUT2D eigenvalue weighted by Gasteiger charge is 2.14. The van der Waals surface area contributed by atoms with E-state index in [0.29, 0.717) is 49.2 Å². The smallest absolute Gasteiger partial charge is 0.162 e. The normalized spacial score (nSPS) is 10.8. The monoisotopic (exact) mass is 567 g/mol. The Morgan fingerprint density at radius 2 is 1.02 bits per heavy atom. The van der Waals surface area contributed by atoms with E-state index in [-0.39, 0.29) is 0 Å². The van der Waals surface area contributed by atoms with Crippen LogP contribution in [0, 0.1) is 0 Å². The molecule has 0 spiro atoms. The largest absolute Gasteiger partial charge is 0.493 e. The van der Waals surface area contributed by atoms with Crippen molar-refractivity contribution < 1.29 is 18.9 Å². The van der Waals surface area contributed by atoms with E-state index in [1.54, 1.807) is 7.11 Å². The van der Waals surface area contributed by atoms with Gasteiger partial charge in [-0.2, -0.15) is 0 Å². The Labute approximate surface area is 252 Å². The molecule has 0 aliphatic heterocycles. The first-order valence-electron chi connectivity index (χ1n) is 14.3. The molecule has 0 unspecified atom stereocenters. The molecule has 5 nitrogen and oxygen atoms in total. The Balaban J connectivity index is 1.27. The molecule has 6 aromatic rings. The Kier molecular flexibility index (Phi) is 8.80. The highest BCUT2D eigenvalue weighted by Crippen LogP contribution is 2.36. The molecule has 214 valence electrons. The van der Waals surface area contributed by atoms with Gasteiger partial charge in [-0.15, -0.1) is 0 Å². The first-order valence-corrected chi connectivity index (χ1v) is 14.3. The van der Waals surface area contributed by atoms with E-state index in [0.717, 1.165) is 38.7 Å². The average molecular weight is 568 g/mol. The van der Waals surface area contributed by atoms with Crippen LogP contribution in [0.5, 0.6) is 23.0 Å². The number of aromatic nitrogens is 1. The van der Waals surface area contributed by atoms with Gasteiger partial charge in [0.2, 0.25) is 0 Å². The Hall–Kier alpha value is -5.29. The lowest BCUT2D eigenvalue weighted by Crippen LogP contribution is -2.02. The number of pyridine rings is 1. The van der Waals surface area contributed by atoms with Crippen LogP contribution in [0.1, 0.15) is 27.9 Å². The molecule has 0 fully saturated rings. The molecular formula is C38H33NO4. The fourth-order valence-corrected chi connectivity index (χ4v) is 4.95. The van der Waals surface area contributed by atoms with Gasteiger partial charge in [-0.1, -0.05) is 97.1 Å². The van der Waals surface area contributed by atoms with Crippen LogP contribution >= 0.6 is 0 Å². The lowest BCUT2D eigenvalue weighted by molar-refractivity contribution is 0.255. The number of ether oxygens (including phenoxy) is 4. The van der Waals surface area contributed by atoms with Crippen molar-refractivity contribution in [1.82, 2.24) is 4.98 Å². The Bertz CT molecular complexity index is 1770. The number of nitrogens with zero attached hydrogens (tertiary/aromatic N) is 1. The molecule has 0 aliphatic carbocycles. The zero-order chi connectivity index (χ0) is 29.3. The van der Waals surface area contributed by atoms with E-state index in [1.165, 1.54) is 0 Å². The third-order valence-electron chi connectivity index (χ3n) is 7.22. The van der Waals surface area contributed by atoms with Crippen LogP contribution in [0.3, 0.4) is 0 Å². The SMILES string of the molecule is COc1cc2ccnc(Cc3ccc(OCc4ccccc4)c(OCc4ccccc4)c3)c2cc1OCc1ccccc1. The number of fused-ring (bicyclic) bond motifs is 1. The summed E-state index contributed by atoms with van der Waals surface area (Å²) in [5.74, 6) is 2.78. The molecular weight excluding hydrogens is 534 g/mol. The highest BCUT2D eigenvalue weighted by molar-refractivity contribution is 5.88. The van der Waals surface area contributed by atoms with Gasteiger partial charge in [0.05, 0.1) is 12.8 Å². The van der Waals surface area contributed by atoms with Crippen molar-refractivity contribution in [2.75, 3.05) is 7.11 Å². The van der Waals surface area contributed by atoms with E-state index in [4.69, 9.17) is 23.9 Å². The second kappa shape index (κ2) is 13.6. The van der Waals surface area contributed by atoms with Crippen LogP contribution in [-0.2, 0) is 26.2 Å². The summed E-state index contributed by atoms with van der Waals surface area (Å²) in [6, 6.07) is 42.5. The van der Waals surface area contributed by atoms with Gasteiger partial charge < -0.3 is 18.9 Å². The van der Waals surface area contributed by atoms with Crippen molar-refractivity contribution in [1.29, 1.82) is 0 Å². The van der Waals surface area contributed by atoms with E-state index in [9.17, 15) is 0 Å². The first-order chi connectivity index (χ1) is 21.2. The minimum Gasteiger partial charge on any atom is -0.493 e. The molecule has 1 heterocycles. The van der Waals surface area contributed by atoms with Gasteiger partial charge in [0.1, 0.15) is 19.8 Å². The fraction of sp³-hybridized carbons (Fsp3) is 0.132. The van der Waals surface area contributed by atoms with Crippen LogP contribution in [-0.4, -0.2) is 12.1 Å². The molecule has 0 radical (unpaired) electrons. The summed E-state index contributed by atoms with van der Waals surface area (Å²) in [6.07, 6.45) is 2.45. The van der Waals surface area contributed by atoms with Crippen molar-refractivity contribution >= 4 is 10.8 Å². The number of hydrogen-bond acceptors (Lipinski definition) is 5. The minimum atomic E-state index is 0.445. The summed E-state index contributed by atoms with van der Waals surface area (Å²) >= 11 is 0. The summed E-state index contributed by atoms with van der Waals surface area (Å²) < 4.78 is 24.4. The second-order valence-electron chi connectivity index (χ2n) is 10.3. The van der Waals surface area contributed by atoms with Crippen LogP contribution < -0.4 is 18.9 Å². The standard InChI is InChI=1S/C38H33NO4/c1-40-36-23-32-19-20-39-34(33(32)24-38(36)43-27-30-15-9-4-10-16-30)21-31-17-18-35(41-25-28-11-5-2-6-12-28)37(22-31)42-26-29-13-7-3-8-14-29/h2-20,22-24H,21,25-27H2,1H3. The maximum atomic E-state index is 6.32. The molecule has 1 aromatic heterocycles. The van der Waals surface area contributed by atoms with Crippen LogP contribution in [0.15, 0.2) is 134 Å². The summed E-state index contributed by atoms with van der Waals surface area (Å²) in [5, 5.41) is 2.06. The molecule has 0 saturated heterocycles. The summed E-state index contributed by atoms with van der Waals surface area (Å²) in [4.78, 5) is 4.77. The Morgan fingerprint density at radius 1 is 0.488 bits per heavy atom. The van der Waals surface area contributed by atoms with Crippen molar-refractivity contribution in [3.8, 4) is 23.0 Å². The van der Waals surface area contributed by atoms with Crippen LogP contribution in [0.25, 0.3) is 10.8 Å². The minimum absolute atomic E-state index is 0.445. The number of hydrogen-bond donors (Lipinski definition) is 0. The second-order valence-corrected chi connectivity index (χ2v) is 10.3. The van der Waals surface area contributed by atoms with Crippen molar-refractivity contribution in [2.24, 2.45) is 0 Å². The van der Waals surface area contributed by atoms with Crippen molar-refractivity contribution in [2.45, 2.75) is 26.2 Å². The zero-order valence-corrected chi connectivity index (χ0v) is 24.1. The number of methoxy groups -OCH3 is 1.